The topological polar surface area (TPSA) is 38.3 Å². The molecule has 0 bridgehead atoms. The standard InChI is InChI=1S/C14H20BrNO2/c1-10(11-6-5-7-12(15)8-11)16-13(17)9-18-14(2,3)4/h5-8,10H,9H2,1-4H3,(H,16,17). The molecule has 3 nitrogen and oxygen atoms in total. The molecule has 1 aromatic carbocycles. The minimum Gasteiger partial charge on any atom is -0.366 e. The molecule has 0 heterocycles. The molecule has 1 unspecified atom stereocenters. The number of carbonyl (C=O) groups is 1. The lowest BCUT2D eigenvalue weighted by Gasteiger charge is -2.20. The molecular weight excluding hydrogens is 294 g/mol. The highest BCUT2D eigenvalue weighted by Crippen LogP contribution is 2.17. The number of hydrogen-bond donors (Lipinski definition) is 1. The maximum atomic E-state index is 11.7. The highest BCUT2D eigenvalue weighted by molar-refractivity contribution is 9.10. The molecule has 4 heteroatoms. The van der Waals surface area contributed by atoms with Gasteiger partial charge < -0.3 is 10.1 Å². The van der Waals surface area contributed by atoms with Crippen LogP contribution in [-0.2, 0) is 9.53 Å². The summed E-state index contributed by atoms with van der Waals surface area (Å²) in [5, 5.41) is 2.91. The number of benzene rings is 1. The number of nitrogens with one attached hydrogen (secondary N) is 1. The fourth-order valence-corrected chi connectivity index (χ4v) is 1.84. The molecule has 1 rings (SSSR count). The quantitative estimate of drug-likeness (QED) is 0.924. The average molecular weight is 314 g/mol. The molecule has 0 saturated carbocycles. The van der Waals surface area contributed by atoms with Gasteiger partial charge in [0.1, 0.15) is 6.61 Å². The molecule has 18 heavy (non-hydrogen) atoms. The third kappa shape index (κ3) is 5.65. The second-order valence-electron chi connectivity index (χ2n) is 5.25. The van der Waals surface area contributed by atoms with Gasteiger partial charge in [-0.2, -0.15) is 0 Å². The summed E-state index contributed by atoms with van der Waals surface area (Å²) < 4.78 is 6.44. The second kappa shape index (κ2) is 6.34. The van der Waals surface area contributed by atoms with Crippen molar-refractivity contribution in [3.8, 4) is 0 Å². The molecule has 0 aromatic heterocycles. The van der Waals surface area contributed by atoms with Crippen molar-refractivity contribution in [1.29, 1.82) is 0 Å². The van der Waals surface area contributed by atoms with E-state index >= 15 is 0 Å². The van der Waals surface area contributed by atoms with Gasteiger partial charge in [-0.05, 0) is 45.4 Å². The van der Waals surface area contributed by atoms with Gasteiger partial charge >= 0.3 is 0 Å². The monoisotopic (exact) mass is 313 g/mol. The lowest BCUT2D eigenvalue weighted by atomic mass is 10.1. The molecular formula is C14H20BrNO2. The first kappa shape index (κ1) is 15.2. The van der Waals surface area contributed by atoms with Crippen LogP contribution in [0.4, 0.5) is 0 Å². The van der Waals surface area contributed by atoms with E-state index in [9.17, 15) is 4.79 Å². The lowest BCUT2D eigenvalue weighted by Crippen LogP contribution is -2.33. The van der Waals surface area contributed by atoms with Crippen molar-refractivity contribution < 1.29 is 9.53 Å². The van der Waals surface area contributed by atoms with Crippen LogP contribution in [0, 0.1) is 0 Å². The normalized spacial score (nSPS) is 13.2. The molecule has 1 atom stereocenters. The molecule has 0 fully saturated rings. The van der Waals surface area contributed by atoms with Crippen LogP contribution in [0.5, 0.6) is 0 Å². The SMILES string of the molecule is CC(NC(=O)COC(C)(C)C)c1cccc(Br)c1. The Bertz CT molecular complexity index is 413. The number of ether oxygens (including phenoxy) is 1. The van der Waals surface area contributed by atoms with E-state index in [1.54, 1.807) is 0 Å². The fourth-order valence-electron chi connectivity index (χ4n) is 1.42. The van der Waals surface area contributed by atoms with Crippen molar-refractivity contribution in [3.05, 3.63) is 34.3 Å². The Morgan fingerprint density at radius 1 is 1.44 bits per heavy atom. The summed E-state index contributed by atoms with van der Waals surface area (Å²) in [6.07, 6.45) is 0. The predicted molar refractivity (Wildman–Crippen MR) is 76.4 cm³/mol. The maximum absolute atomic E-state index is 11.7. The molecule has 0 aliphatic heterocycles. The van der Waals surface area contributed by atoms with Crippen LogP contribution in [0.25, 0.3) is 0 Å². The van der Waals surface area contributed by atoms with E-state index in [0.29, 0.717) is 0 Å². The third-order valence-corrected chi connectivity index (χ3v) is 2.86. The highest BCUT2D eigenvalue weighted by atomic mass is 79.9. The van der Waals surface area contributed by atoms with E-state index in [-0.39, 0.29) is 24.2 Å². The molecule has 1 N–H and O–H groups in total. The molecule has 100 valence electrons. The van der Waals surface area contributed by atoms with Crippen LogP contribution in [0.15, 0.2) is 28.7 Å². The minimum atomic E-state index is -0.295. The van der Waals surface area contributed by atoms with E-state index in [2.05, 4.69) is 21.2 Å². The molecule has 1 amide bonds. The first-order valence-corrected chi connectivity index (χ1v) is 6.76. The zero-order chi connectivity index (χ0) is 13.8. The Morgan fingerprint density at radius 3 is 2.67 bits per heavy atom. The van der Waals surface area contributed by atoms with Crippen molar-refractivity contribution in [2.75, 3.05) is 6.61 Å². The van der Waals surface area contributed by atoms with E-state index < -0.39 is 0 Å². The Labute approximate surface area is 117 Å². The number of rotatable bonds is 4. The van der Waals surface area contributed by atoms with Crippen molar-refractivity contribution >= 4 is 21.8 Å². The molecule has 0 aliphatic carbocycles. The number of carbonyl (C=O) groups excluding carboxylic acids is 1. The summed E-state index contributed by atoms with van der Waals surface area (Å²) in [5.74, 6) is -0.0996. The van der Waals surface area contributed by atoms with Crippen LogP contribution < -0.4 is 5.32 Å². The van der Waals surface area contributed by atoms with E-state index in [1.165, 1.54) is 0 Å². The van der Waals surface area contributed by atoms with Gasteiger partial charge in [0.05, 0.1) is 11.6 Å². The van der Waals surface area contributed by atoms with E-state index in [0.717, 1.165) is 10.0 Å². The molecule has 0 aliphatic rings. The fraction of sp³-hybridized carbons (Fsp3) is 0.500. The van der Waals surface area contributed by atoms with Crippen LogP contribution >= 0.6 is 15.9 Å². The van der Waals surface area contributed by atoms with Crippen molar-refractivity contribution in [1.82, 2.24) is 5.32 Å². The Hall–Kier alpha value is -0.870. The van der Waals surface area contributed by atoms with Crippen LogP contribution in [-0.4, -0.2) is 18.1 Å². The molecule has 0 spiro atoms. The molecule has 1 aromatic rings. The van der Waals surface area contributed by atoms with Gasteiger partial charge in [-0.15, -0.1) is 0 Å². The van der Waals surface area contributed by atoms with Gasteiger partial charge in [0.2, 0.25) is 5.91 Å². The first-order valence-electron chi connectivity index (χ1n) is 5.97. The van der Waals surface area contributed by atoms with Crippen molar-refractivity contribution in [2.45, 2.75) is 39.3 Å². The summed E-state index contributed by atoms with van der Waals surface area (Å²) in [6, 6.07) is 7.86. The predicted octanol–water partition coefficient (Wildman–Crippen LogP) is 3.44. The third-order valence-electron chi connectivity index (χ3n) is 2.36. The van der Waals surface area contributed by atoms with Gasteiger partial charge in [-0.3, -0.25) is 4.79 Å². The second-order valence-corrected chi connectivity index (χ2v) is 6.16. The average Bonchev–Trinajstić information content (AvgIpc) is 2.25. The van der Waals surface area contributed by atoms with Crippen molar-refractivity contribution in [2.24, 2.45) is 0 Å². The Morgan fingerprint density at radius 2 is 2.11 bits per heavy atom. The zero-order valence-corrected chi connectivity index (χ0v) is 12.9. The summed E-state index contributed by atoms with van der Waals surface area (Å²) >= 11 is 3.42. The molecule has 0 saturated heterocycles. The molecule has 0 radical (unpaired) electrons. The lowest BCUT2D eigenvalue weighted by molar-refractivity contribution is -0.131. The number of amides is 1. The van der Waals surface area contributed by atoms with Gasteiger partial charge in [0, 0.05) is 4.47 Å². The van der Waals surface area contributed by atoms with Crippen LogP contribution in [0.3, 0.4) is 0 Å². The largest absolute Gasteiger partial charge is 0.366 e. The minimum absolute atomic E-state index is 0.0291. The van der Waals surface area contributed by atoms with Gasteiger partial charge in [0.25, 0.3) is 0 Å². The van der Waals surface area contributed by atoms with Gasteiger partial charge in [0.15, 0.2) is 0 Å². The maximum Gasteiger partial charge on any atom is 0.246 e. The summed E-state index contributed by atoms with van der Waals surface area (Å²) in [7, 11) is 0. The van der Waals surface area contributed by atoms with Crippen LogP contribution in [0.1, 0.15) is 39.3 Å². The Kier molecular flexibility index (Phi) is 5.35. The smallest absolute Gasteiger partial charge is 0.246 e. The summed E-state index contributed by atoms with van der Waals surface area (Å²) in [5.41, 5.74) is 0.768. The van der Waals surface area contributed by atoms with Gasteiger partial charge in [-0.25, -0.2) is 0 Å². The zero-order valence-electron chi connectivity index (χ0n) is 11.3. The van der Waals surface area contributed by atoms with Crippen molar-refractivity contribution in [3.63, 3.8) is 0 Å². The number of halogens is 1. The summed E-state index contributed by atoms with van der Waals surface area (Å²) in [4.78, 5) is 11.7. The van der Waals surface area contributed by atoms with E-state index in [1.807, 2.05) is 52.0 Å². The summed E-state index contributed by atoms with van der Waals surface area (Å²) in [6.45, 7) is 7.83. The van der Waals surface area contributed by atoms with E-state index in [4.69, 9.17) is 4.74 Å². The number of hydrogen-bond acceptors (Lipinski definition) is 2. The highest BCUT2D eigenvalue weighted by Gasteiger charge is 2.14. The van der Waals surface area contributed by atoms with Gasteiger partial charge in [-0.1, -0.05) is 28.1 Å². The first-order chi connectivity index (χ1) is 8.28. The Balaban J connectivity index is 2.50. The van der Waals surface area contributed by atoms with Crippen LogP contribution in [0.2, 0.25) is 0 Å².